The molecule has 1 nitrogen and oxygen atoms in total. The number of ketones is 1. The zero-order valence-corrected chi connectivity index (χ0v) is 10.6. The molecule has 2 saturated carbocycles. The first-order chi connectivity index (χ1) is 6.85. The molecule has 2 aliphatic carbocycles. The molecule has 0 N–H and O–H groups in total. The summed E-state index contributed by atoms with van der Waals surface area (Å²) in [6, 6.07) is 0. The predicted octanol–water partition coefficient (Wildman–Crippen LogP) is 3.82. The minimum Gasteiger partial charge on any atom is -0.299 e. The highest BCUT2D eigenvalue weighted by atomic mass is 16.1. The van der Waals surface area contributed by atoms with Gasteiger partial charge in [-0.3, -0.25) is 4.79 Å². The fourth-order valence-corrected chi connectivity index (χ4v) is 4.55. The van der Waals surface area contributed by atoms with Gasteiger partial charge in [0.1, 0.15) is 5.78 Å². The monoisotopic (exact) mass is 208 g/mol. The summed E-state index contributed by atoms with van der Waals surface area (Å²) in [5, 5.41) is 0. The summed E-state index contributed by atoms with van der Waals surface area (Å²) in [6.45, 7) is 9.18. The van der Waals surface area contributed by atoms with E-state index in [1.807, 2.05) is 0 Å². The van der Waals surface area contributed by atoms with E-state index in [0.717, 1.165) is 6.42 Å². The Balaban J connectivity index is 2.34. The lowest BCUT2D eigenvalue weighted by Crippen LogP contribution is -2.50. The molecule has 0 aromatic heterocycles. The van der Waals surface area contributed by atoms with Crippen molar-refractivity contribution in [2.45, 2.75) is 59.8 Å². The van der Waals surface area contributed by atoms with Crippen molar-refractivity contribution in [1.82, 2.24) is 0 Å². The smallest absolute Gasteiger partial charge is 0.137 e. The van der Waals surface area contributed by atoms with Gasteiger partial charge in [0.05, 0.1) is 0 Å². The van der Waals surface area contributed by atoms with Crippen molar-refractivity contribution >= 4 is 5.78 Å². The zero-order valence-electron chi connectivity index (χ0n) is 10.6. The number of carbonyl (C=O) groups is 1. The molecule has 15 heavy (non-hydrogen) atoms. The lowest BCUT2D eigenvalue weighted by Gasteiger charge is -2.53. The van der Waals surface area contributed by atoms with E-state index in [0.29, 0.717) is 23.0 Å². The van der Waals surface area contributed by atoms with Gasteiger partial charge in [0.25, 0.3) is 0 Å². The maximum absolute atomic E-state index is 12.3. The van der Waals surface area contributed by atoms with Gasteiger partial charge in [0.15, 0.2) is 0 Å². The summed E-state index contributed by atoms with van der Waals surface area (Å²) in [5.74, 6) is 1.48. The van der Waals surface area contributed by atoms with Crippen molar-refractivity contribution in [3.05, 3.63) is 0 Å². The van der Waals surface area contributed by atoms with Gasteiger partial charge < -0.3 is 0 Å². The summed E-state index contributed by atoms with van der Waals surface area (Å²) in [5.41, 5.74) is 0.542. The molecular weight excluding hydrogens is 184 g/mol. The predicted molar refractivity (Wildman–Crippen MR) is 62.6 cm³/mol. The first-order valence-electron chi connectivity index (χ1n) is 6.38. The van der Waals surface area contributed by atoms with Crippen molar-refractivity contribution < 1.29 is 4.79 Å². The molecule has 2 rings (SSSR count). The molecule has 2 fully saturated rings. The SMILES string of the molecule is C[C@@H]1CC(=O)C2C(C)(C)CCC[C@]2(C)C1. The Morgan fingerprint density at radius 1 is 1.20 bits per heavy atom. The Hall–Kier alpha value is -0.330. The molecule has 0 radical (unpaired) electrons. The third-order valence-corrected chi connectivity index (χ3v) is 4.73. The van der Waals surface area contributed by atoms with Gasteiger partial charge in [-0.15, -0.1) is 0 Å². The number of fused-ring (bicyclic) bond motifs is 1. The van der Waals surface area contributed by atoms with Crippen LogP contribution in [0.25, 0.3) is 0 Å². The third kappa shape index (κ3) is 1.74. The fraction of sp³-hybridized carbons (Fsp3) is 0.929. The average molecular weight is 208 g/mol. The van der Waals surface area contributed by atoms with Crippen molar-refractivity contribution in [2.24, 2.45) is 22.7 Å². The fourth-order valence-electron chi connectivity index (χ4n) is 4.55. The Morgan fingerprint density at radius 2 is 1.87 bits per heavy atom. The van der Waals surface area contributed by atoms with E-state index in [2.05, 4.69) is 27.7 Å². The van der Waals surface area contributed by atoms with E-state index >= 15 is 0 Å². The van der Waals surface area contributed by atoms with Crippen LogP contribution >= 0.6 is 0 Å². The minimum absolute atomic E-state index is 0.240. The Labute approximate surface area is 93.6 Å². The Morgan fingerprint density at radius 3 is 2.53 bits per heavy atom. The second-order valence-corrected chi connectivity index (χ2v) is 6.91. The topological polar surface area (TPSA) is 17.1 Å². The van der Waals surface area contributed by atoms with Crippen LogP contribution in [-0.2, 0) is 4.79 Å². The van der Waals surface area contributed by atoms with Crippen molar-refractivity contribution in [1.29, 1.82) is 0 Å². The second kappa shape index (κ2) is 3.33. The quantitative estimate of drug-likeness (QED) is 0.591. The van der Waals surface area contributed by atoms with Crippen LogP contribution in [0.5, 0.6) is 0 Å². The van der Waals surface area contributed by atoms with Crippen LogP contribution < -0.4 is 0 Å². The largest absolute Gasteiger partial charge is 0.299 e. The summed E-state index contributed by atoms with van der Waals surface area (Å²) >= 11 is 0. The summed E-state index contributed by atoms with van der Waals surface area (Å²) in [7, 11) is 0. The molecule has 0 aromatic rings. The third-order valence-electron chi connectivity index (χ3n) is 4.73. The van der Waals surface area contributed by atoms with Crippen molar-refractivity contribution in [3.8, 4) is 0 Å². The molecule has 1 unspecified atom stereocenters. The standard InChI is InChI=1S/C14H24O/c1-10-8-11(15)12-13(2,3)6-5-7-14(12,4)9-10/h10,12H,5-9H2,1-4H3/t10-,12?,14-/m1/s1. The molecule has 3 atom stereocenters. The van der Waals surface area contributed by atoms with E-state index in [1.54, 1.807) is 0 Å². The molecule has 0 bridgehead atoms. The highest BCUT2D eigenvalue weighted by Crippen LogP contribution is 2.57. The lowest BCUT2D eigenvalue weighted by atomic mass is 9.50. The molecule has 86 valence electrons. The molecule has 0 aromatic carbocycles. The van der Waals surface area contributed by atoms with Crippen LogP contribution in [0.1, 0.15) is 59.8 Å². The first kappa shape index (κ1) is 11.2. The van der Waals surface area contributed by atoms with E-state index in [9.17, 15) is 4.79 Å². The maximum atomic E-state index is 12.3. The summed E-state index contributed by atoms with van der Waals surface area (Å²) in [6.07, 6.45) is 5.88. The molecule has 0 amide bonds. The normalized spacial score (nSPS) is 44.9. The molecule has 0 heterocycles. The molecular formula is C14H24O. The number of Topliss-reactive ketones (excluding diaryl/α,β-unsaturated/α-hetero) is 1. The van der Waals surface area contributed by atoms with Gasteiger partial charge in [0.2, 0.25) is 0 Å². The molecule has 2 aliphatic rings. The Kier molecular flexibility index (Phi) is 2.48. The van der Waals surface area contributed by atoms with E-state index in [1.165, 1.54) is 25.7 Å². The Bertz CT molecular complexity index is 279. The number of hydrogen-bond acceptors (Lipinski definition) is 1. The van der Waals surface area contributed by atoms with Gasteiger partial charge in [-0.05, 0) is 36.0 Å². The molecule has 1 heteroatoms. The molecule has 0 saturated heterocycles. The van der Waals surface area contributed by atoms with Gasteiger partial charge in [-0.2, -0.15) is 0 Å². The average Bonchev–Trinajstić information content (AvgIpc) is 1.97. The van der Waals surface area contributed by atoms with Gasteiger partial charge in [-0.1, -0.05) is 34.1 Å². The number of hydrogen-bond donors (Lipinski definition) is 0. The van der Waals surface area contributed by atoms with Gasteiger partial charge in [-0.25, -0.2) is 0 Å². The highest BCUT2D eigenvalue weighted by molar-refractivity contribution is 5.83. The summed E-state index contributed by atoms with van der Waals surface area (Å²) < 4.78 is 0. The highest BCUT2D eigenvalue weighted by Gasteiger charge is 2.52. The zero-order chi connectivity index (χ0) is 11.3. The molecule has 0 aliphatic heterocycles. The number of carbonyl (C=O) groups excluding carboxylic acids is 1. The van der Waals surface area contributed by atoms with E-state index in [4.69, 9.17) is 0 Å². The van der Waals surface area contributed by atoms with Crippen LogP contribution in [0.2, 0.25) is 0 Å². The first-order valence-corrected chi connectivity index (χ1v) is 6.38. The molecule has 0 spiro atoms. The van der Waals surface area contributed by atoms with Crippen LogP contribution in [0.4, 0.5) is 0 Å². The number of rotatable bonds is 0. The summed E-state index contributed by atoms with van der Waals surface area (Å²) in [4.78, 5) is 12.3. The van der Waals surface area contributed by atoms with Gasteiger partial charge in [0, 0.05) is 12.3 Å². The van der Waals surface area contributed by atoms with Gasteiger partial charge >= 0.3 is 0 Å². The second-order valence-electron chi connectivity index (χ2n) is 6.91. The van der Waals surface area contributed by atoms with E-state index in [-0.39, 0.29) is 5.41 Å². The van der Waals surface area contributed by atoms with Crippen molar-refractivity contribution in [3.63, 3.8) is 0 Å². The lowest BCUT2D eigenvalue weighted by molar-refractivity contribution is -0.144. The van der Waals surface area contributed by atoms with Crippen molar-refractivity contribution in [2.75, 3.05) is 0 Å². The van der Waals surface area contributed by atoms with Crippen LogP contribution in [0.15, 0.2) is 0 Å². The maximum Gasteiger partial charge on any atom is 0.137 e. The van der Waals surface area contributed by atoms with Crippen LogP contribution in [0.3, 0.4) is 0 Å². The van der Waals surface area contributed by atoms with E-state index < -0.39 is 0 Å². The van der Waals surface area contributed by atoms with Crippen LogP contribution in [0, 0.1) is 22.7 Å². The minimum atomic E-state index is 0.240. The van der Waals surface area contributed by atoms with Crippen LogP contribution in [-0.4, -0.2) is 5.78 Å².